The highest BCUT2D eigenvalue weighted by Gasteiger charge is 2.23. The van der Waals surface area contributed by atoms with Crippen LogP contribution in [0, 0.1) is 13.8 Å². The lowest BCUT2D eigenvalue weighted by molar-refractivity contribution is 0.430. The second kappa shape index (κ2) is 6.68. The molecule has 0 aliphatic carbocycles. The minimum absolute atomic E-state index is 0.389. The van der Waals surface area contributed by atoms with E-state index in [1.165, 1.54) is 4.31 Å². The standard InChI is InChI=1S/C13H20BrNO2S/c1-4-8-15(9-7-14)18(16,17)13-6-5-11(2)12(3)10-13/h5-6,10H,4,7-9H2,1-3H3. The van der Waals surface area contributed by atoms with Gasteiger partial charge in [0.2, 0.25) is 10.0 Å². The van der Waals surface area contributed by atoms with Crippen LogP contribution in [0.5, 0.6) is 0 Å². The Bertz CT molecular complexity index is 494. The Labute approximate surface area is 118 Å². The van der Waals surface area contributed by atoms with E-state index in [1.54, 1.807) is 12.1 Å². The van der Waals surface area contributed by atoms with E-state index >= 15 is 0 Å². The maximum absolute atomic E-state index is 12.5. The lowest BCUT2D eigenvalue weighted by Gasteiger charge is -2.21. The third-order valence-corrected chi connectivity index (χ3v) is 5.17. The van der Waals surface area contributed by atoms with Gasteiger partial charge in [0, 0.05) is 18.4 Å². The number of halogens is 1. The number of benzene rings is 1. The highest BCUT2D eigenvalue weighted by Crippen LogP contribution is 2.19. The van der Waals surface area contributed by atoms with Crippen molar-refractivity contribution in [2.75, 3.05) is 18.4 Å². The number of nitrogens with zero attached hydrogens (tertiary/aromatic N) is 1. The van der Waals surface area contributed by atoms with Crippen LogP contribution >= 0.6 is 15.9 Å². The molecule has 0 aromatic heterocycles. The van der Waals surface area contributed by atoms with Gasteiger partial charge in [-0.15, -0.1) is 0 Å². The highest BCUT2D eigenvalue weighted by molar-refractivity contribution is 9.09. The van der Waals surface area contributed by atoms with Crippen molar-refractivity contribution in [1.29, 1.82) is 0 Å². The Morgan fingerprint density at radius 2 is 1.83 bits per heavy atom. The quantitative estimate of drug-likeness (QED) is 0.750. The molecule has 1 aromatic rings. The van der Waals surface area contributed by atoms with Crippen LogP contribution in [0.25, 0.3) is 0 Å². The molecular formula is C13H20BrNO2S. The molecule has 5 heteroatoms. The summed E-state index contributed by atoms with van der Waals surface area (Å²) >= 11 is 3.30. The first kappa shape index (κ1) is 15.7. The maximum Gasteiger partial charge on any atom is 0.243 e. The van der Waals surface area contributed by atoms with Crippen LogP contribution in [0.1, 0.15) is 24.5 Å². The molecule has 0 fully saturated rings. The second-order valence-electron chi connectivity index (χ2n) is 4.34. The molecule has 0 unspecified atom stereocenters. The molecule has 0 N–H and O–H groups in total. The molecule has 0 saturated carbocycles. The first-order chi connectivity index (χ1) is 8.43. The van der Waals surface area contributed by atoms with E-state index < -0.39 is 10.0 Å². The number of hydrogen-bond donors (Lipinski definition) is 0. The summed E-state index contributed by atoms with van der Waals surface area (Å²) in [5, 5.41) is 0.650. The smallest absolute Gasteiger partial charge is 0.207 e. The summed E-state index contributed by atoms with van der Waals surface area (Å²) in [6.45, 7) is 6.96. The predicted molar refractivity (Wildman–Crippen MR) is 78.8 cm³/mol. The first-order valence-corrected chi connectivity index (χ1v) is 8.63. The molecule has 18 heavy (non-hydrogen) atoms. The van der Waals surface area contributed by atoms with Crippen LogP contribution in [0.4, 0.5) is 0 Å². The fourth-order valence-electron chi connectivity index (χ4n) is 1.72. The molecule has 0 heterocycles. The number of hydrogen-bond acceptors (Lipinski definition) is 2. The molecule has 0 aliphatic rings. The number of aryl methyl sites for hydroxylation is 2. The van der Waals surface area contributed by atoms with Crippen LogP contribution in [0.15, 0.2) is 23.1 Å². The molecule has 0 bridgehead atoms. The van der Waals surface area contributed by atoms with Crippen LogP contribution in [0.2, 0.25) is 0 Å². The average Bonchev–Trinajstić information content (AvgIpc) is 2.32. The normalized spacial score (nSPS) is 12.1. The monoisotopic (exact) mass is 333 g/mol. The van der Waals surface area contributed by atoms with Gasteiger partial charge in [-0.3, -0.25) is 0 Å². The van der Waals surface area contributed by atoms with Gasteiger partial charge in [0.25, 0.3) is 0 Å². The van der Waals surface area contributed by atoms with Crippen molar-refractivity contribution in [1.82, 2.24) is 4.31 Å². The van der Waals surface area contributed by atoms with Gasteiger partial charge in [-0.1, -0.05) is 28.9 Å². The molecular weight excluding hydrogens is 314 g/mol. The van der Waals surface area contributed by atoms with Crippen LogP contribution in [-0.2, 0) is 10.0 Å². The average molecular weight is 334 g/mol. The molecule has 102 valence electrons. The van der Waals surface area contributed by atoms with Crippen LogP contribution < -0.4 is 0 Å². The Morgan fingerprint density at radius 1 is 1.17 bits per heavy atom. The zero-order valence-electron chi connectivity index (χ0n) is 11.1. The van der Waals surface area contributed by atoms with Crippen molar-refractivity contribution in [3.8, 4) is 0 Å². The molecule has 0 aliphatic heterocycles. The molecule has 0 spiro atoms. The van der Waals surface area contributed by atoms with Crippen molar-refractivity contribution in [3.05, 3.63) is 29.3 Å². The summed E-state index contributed by atoms with van der Waals surface area (Å²) in [5.41, 5.74) is 2.11. The minimum Gasteiger partial charge on any atom is -0.207 e. The van der Waals surface area contributed by atoms with Gasteiger partial charge in [-0.25, -0.2) is 8.42 Å². The summed E-state index contributed by atoms with van der Waals surface area (Å²) in [4.78, 5) is 0.389. The van der Waals surface area contributed by atoms with Crippen molar-refractivity contribution in [2.24, 2.45) is 0 Å². The molecule has 1 aromatic carbocycles. The van der Waals surface area contributed by atoms with Crippen molar-refractivity contribution in [3.63, 3.8) is 0 Å². The number of sulfonamides is 1. The van der Waals surface area contributed by atoms with Gasteiger partial charge >= 0.3 is 0 Å². The maximum atomic E-state index is 12.5. The molecule has 0 amide bonds. The number of rotatable bonds is 6. The van der Waals surface area contributed by atoms with E-state index in [0.29, 0.717) is 23.3 Å². The molecule has 3 nitrogen and oxygen atoms in total. The van der Waals surface area contributed by atoms with E-state index in [4.69, 9.17) is 0 Å². The van der Waals surface area contributed by atoms with E-state index in [2.05, 4.69) is 15.9 Å². The lowest BCUT2D eigenvalue weighted by atomic mass is 10.1. The third-order valence-electron chi connectivity index (χ3n) is 2.92. The van der Waals surface area contributed by atoms with Crippen LogP contribution in [-0.4, -0.2) is 31.1 Å². The van der Waals surface area contributed by atoms with Gasteiger partial charge in [-0.05, 0) is 43.5 Å². The SMILES string of the molecule is CCCN(CCBr)S(=O)(=O)c1ccc(C)c(C)c1. The second-order valence-corrected chi connectivity index (χ2v) is 7.07. The van der Waals surface area contributed by atoms with Gasteiger partial charge in [0.05, 0.1) is 4.90 Å². The summed E-state index contributed by atoms with van der Waals surface area (Å²) in [6.07, 6.45) is 0.817. The zero-order chi connectivity index (χ0) is 13.8. The Morgan fingerprint density at radius 3 is 2.33 bits per heavy atom. The number of alkyl halides is 1. The third kappa shape index (κ3) is 3.56. The van der Waals surface area contributed by atoms with E-state index in [9.17, 15) is 8.42 Å². The molecule has 0 saturated heterocycles. The fraction of sp³-hybridized carbons (Fsp3) is 0.538. The van der Waals surface area contributed by atoms with Gasteiger partial charge in [0.15, 0.2) is 0 Å². The summed E-state index contributed by atoms with van der Waals surface area (Å²) in [7, 11) is -3.36. The highest BCUT2D eigenvalue weighted by atomic mass is 79.9. The van der Waals surface area contributed by atoms with E-state index in [0.717, 1.165) is 17.5 Å². The first-order valence-electron chi connectivity index (χ1n) is 6.06. The molecule has 0 radical (unpaired) electrons. The lowest BCUT2D eigenvalue weighted by Crippen LogP contribution is -2.33. The van der Waals surface area contributed by atoms with Gasteiger partial charge in [0.1, 0.15) is 0 Å². The Kier molecular flexibility index (Phi) is 5.82. The molecule has 1 rings (SSSR count). The largest absolute Gasteiger partial charge is 0.243 e. The summed E-state index contributed by atoms with van der Waals surface area (Å²) < 4.78 is 26.5. The van der Waals surface area contributed by atoms with Gasteiger partial charge in [-0.2, -0.15) is 4.31 Å². The minimum atomic E-state index is -3.36. The molecule has 0 atom stereocenters. The van der Waals surface area contributed by atoms with Crippen molar-refractivity contribution < 1.29 is 8.42 Å². The predicted octanol–water partition coefficient (Wildman–Crippen LogP) is 3.10. The van der Waals surface area contributed by atoms with Crippen molar-refractivity contribution >= 4 is 26.0 Å². The van der Waals surface area contributed by atoms with Gasteiger partial charge < -0.3 is 0 Å². The topological polar surface area (TPSA) is 37.4 Å². The van der Waals surface area contributed by atoms with E-state index in [1.807, 2.05) is 26.8 Å². The van der Waals surface area contributed by atoms with E-state index in [-0.39, 0.29) is 0 Å². The zero-order valence-corrected chi connectivity index (χ0v) is 13.5. The van der Waals surface area contributed by atoms with Crippen molar-refractivity contribution in [2.45, 2.75) is 32.1 Å². The van der Waals surface area contributed by atoms with Crippen LogP contribution in [0.3, 0.4) is 0 Å². The fourth-order valence-corrected chi connectivity index (χ4v) is 4.00. The summed E-state index contributed by atoms with van der Waals surface area (Å²) in [6, 6.07) is 5.30. The Hall–Kier alpha value is -0.390. The Balaban J connectivity index is 3.13. The summed E-state index contributed by atoms with van der Waals surface area (Å²) in [5.74, 6) is 0.